The predicted octanol–water partition coefficient (Wildman–Crippen LogP) is -1.75. The van der Waals surface area contributed by atoms with E-state index in [4.69, 9.17) is 23.7 Å². The number of carboxylic acid groups (broad SMARTS) is 1. The number of carboxylic acids is 1. The second-order valence-corrected chi connectivity index (χ2v) is 6.68. The molecule has 0 bridgehead atoms. The Morgan fingerprint density at radius 3 is 2.17 bits per heavy atom. The quantitative estimate of drug-likeness (QED) is 0.648. The standard InChI is InChI=1S/C14H21NO8/c1-13(2)20-7-8(21-13)10-12(23-14(3,4)22-10)19-9(7)11(18)15-5-6(16)17/h7-10,12H,5H2,1-4H3,(H,15,18)(H,16,17)/p-1/t7-,8-,9+,10+,12-/m0/s1. The van der Waals surface area contributed by atoms with Gasteiger partial charge >= 0.3 is 0 Å². The van der Waals surface area contributed by atoms with Crippen LogP contribution < -0.4 is 10.4 Å². The van der Waals surface area contributed by atoms with Gasteiger partial charge in [0.15, 0.2) is 24.0 Å². The van der Waals surface area contributed by atoms with E-state index >= 15 is 0 Å². The number of amides is 1. The number of carbonyl (C=O) groups excluding carboxylic acids is 2. The number of nitrogens with one attached hydrogen (secondary N) is 1. The molecule has 130 valence electrons. The van der Waals surface area contributed by atoms with E-state index in [0.717, 1.165) is 0 Å². The van der Waals surface area contributed by atoms with Crippen molar-refractivity contribution < 1.29 is 38.4 Å². The summed E-state index contributed by atoms with van der Waals surface area (Å²) in [6.07, 6.45) is -3.71. The first-order chi connectivity index (χ1) is 10.6. The van der Waals surface area contributed by atoms with Crippen molar-refractivity contribution in [3.63, 3.8) is 0 Å². The average Bonchev–Trinajstić information content (AvgIpc) is 2.89. The van der Waals surface area contributed by atoms with Gasteiger partial charge in [-0.2, -0.15) is 0 Å². The molecule has 3 heterocycles. The minimum Gasteiger partial charge on any atom is -0.548 e. The fraction of sp³-hybridized carbons (Fsp3) is 0.857. The topological polar surface area (TPSA) is 115 Å². The lowest BCUT2D eigenvalue weighted by atomic mass is 9.98. The Morgan fingerprint density at radius 1 is 0.957 bits per heavy atom. The van der Waals surface area contributed by atoms with E-state index in [9.17, 15) is 14.7 Å². The van der Waals surface area contributed by atoms with Crippen molar-refractivity contribution in [2.45, 2.75) is 70.0 Å². The number of hydrogen-bond acceptors (Lipinski definition) is 8. The van der Waals surface area contributed by atoms with E-state index < -0.39 is 60.7 Å². The van der Waals surface area contributed by atoms with Crippen LogP contribution >= 0.6 is 0 Å². The summed E-state index contributed by atoms with van der Waals surface area (Å²) in [6.45, 7) is 6.29. The number of carbonyl (C=O) groups is 2. The molecule has 3 saturated heterocycles. The second kappa shape index (κ2) is 5.38. The van der Waals surface area contributed by atoms with Gasteiger partial charge in [0, 0.05) is 0 Å². The first kappa shape index (κ1) is 16.6. The van der Waals surface area contributed by atoms with E-state index in [0.29, 0.717) is 0 Å². The Hall–Kier alpha value is -1.26. The molecular weight excluding hydrogens is 310 g/mol. The lowest BCUT2D eigenvalue weighted by Gasteiger charge is -2.36. The van der Waals surface area contributed by atoms with Crippen molar-refractivity contribution in [3.05, 3.63) is 0 Å². The molecule has 9 heteroatoms. The third kappa shape index (κ3) is 3.20. The van der Waals surface area contributed by atoms with E-state index in [1.807, 2.05) is 0 Å². The normalized spacial score (nSPS) is 40.3. The smallest absolute Gasteiger partial charge is 0.252 e. The third-order valence-electron chi connectivity index (χ3n) is 3.82. The summed E-state index contributed by atoms with van der Waals surface area (Å²) in [5.74, 6) is -3.82. The van der Waals surface area contributed by atoms with Crippen LogP contribution in [-0.2, 0) is 33.3 Å². The van der Waals surface area contributed by atoms with Gasteiger partial charge in [0.1, 0.15) is 18.3 Å². The van der Waals surface area contributed by atoms with Gasteiger partial charge in [-0.3, -0.25) is 4.79 Å². The maximum absolute atomic E-state index is 12.2. The first-order valence-electron chi connectivity index (χ1n) is 7.42. The predicted molar refractivity (Wildman–Crippen MR) is 70.5 cm³/mol. The molecule has 0 aliphatic carbocycles. The lowest BCUT2D eigenvalue weighted by molar-refractivity contribution is -0.304. The molecule has 0 unspecified atom stereocenters. The molecule has 0 saturated carbocycles. The minimum absolute atomic E-state index is 0.540. The zero-order valence-electron chi connectivity index (χ0n) is 13.4. The van der Waals surface area contributed by atoms with Gasteiger partial charge in [-0.15, -0.1) is 0 Å². The zero-order valence-corrected chi connectivity index (χ0v) is 13.4. The molecule has 1 amide bonds. The zero-order chi connectivity index (χ0) is 17.0. The summed E-state index contributed by atoms with van der Waals surface area (Å²) in [6, 6.07) is 0. The molecule has 0 aromatic heterocycles. The second-order valence-electron chi connectivity index (χ2n) is 6.68. The highest BCUT2D eigenvalue weighted by molar-refractivity contribution is 5.84. The molecule has 9 nitrogen and oxygen atoms in total. The lowest BCUT2D eigenvalue weighted by Crippen LogP contribution is -2.60. The van der Waals surface area contributed by atoms with Gasteiger partial charge in [-0.1, -0.05) is 0 Å². The van der Waals surface area contributed by atoms with Crippen LogP contribution in [0.4, 0.5) is 0 Å². The number of fused-ring (bicyclic) bond motifs is 3. The van der Waals surface area contributed by atoms with Crippen LogP contribution in [0, 0.1) is 0 Å². The Labute approximate surface area is 133 Å². The van der Waals surface area contributed by atoms with Crippen LogP contribution in [-0.4, -0.2) is 60.7 Å². The fourth-order valence-corrected chi connectivity index (χ4v) is 3.08. The molecule has 5 atom stereocenters. The molecule has 0 aromatic carbocycles. The van der Waals surface area contributed by atoms with Crippen molar-refractivity contribution in [2.75, 3.05) is 6.54 Å². The van der Waals surface area contributed by atoms with Gasteiger partial charge in [0.2, 0.25) is 0 Å². The highest BCUT2D eigenvalue weighted by Crippen LogP contribution is 2.44. The van der Waals surface area contributed by atoms with Gasteiger partial charge < -0.3 is 38.9 Å². The van der Waals surface area contributed by atoms with E-state index in [-0.39, 0.29) is 0 Å². The average molecular weight is 330 g/mol. The molecule has 0 aromatic rings. The highest BCUT2D eigenvalue weighted by atomic mass is 16.9. The minimum atomic E-state index is -1.39. The molecular formula is C14H20NO8-. The monoisotopic (exact) mass is 330 g/mol. The van der Waals surface area contributed by atoms with Crippen LogP contribution in [0.2, 0.25) is 0 Å². The molecule has 3 aliphatic rings. The number of rotatable bonds is 3. The summed E-state index contributed by atoms with van der Waals surface area (Å²) in [4.78, 5) is 22.8. The van der Waals surface area contributed by atoms with Crippen molar-refractivity contribution >= 4 is 11.9 Å². The Kier molecular flexibility index (Phi) is 3.88. The Balaban J connectivity index is 1.81. The largest absolute Gasteiger partial charge is 0.548 e. The van der Waals surface area contributed by atoms with Gasteiger partial charge in [-0.05, 0) is 27.7 Å². The molecule has 3 rings (SSSR count). The molecule has 0 spiro atoms. The SMILES string of the molecule is CC1(C)O[C@@H]2O[C@@H](C(=O)NCC(=O)[O-])[C@H]3OC(C)(C)O[C@@H]3[C@H]2O1. The van der Waals surface area contributed by atoms with Crippen molar-refractivity contribution in [1.29, 1.82) is 0 Å². The molecule has 3 fully saturated rings. The van der Waals surface area contributed by atoms with E-state index in [1.54, 1.807) is 27.7 Å². The number of ether oxygens (including phenoxy) is 5. The van der Waals surface area contributed by atoms with Gasteiger partial charge in [0.25, 0.3) is 5.91 Å². The Morgan fingerprint density at radius 2 is 1.52 bits per heavy atom. The summed E-state index contributed by atoms with van der Waals surface area (Å²) < 4.78 is 28.7. The van der Waals surface area contributed by atoms with E-state index in [2.05, 4.69) is 5.32 Å². The van der Waals surface area contributed by atoms with Crippen molar-refractivity contribution in [2.24, 2.45) is 0 Å². The molecule has 1 N–H and O–H groups in total. The first-order valence-corrected chi connectivity index (χ1v) is 7.42. The highest BCUT2D eigenvalue weighted by Gasteiger charge is 2.62. The van der Waals surface area contributed by atoms with Crippen LogP contribution in [0.15, 0.2) is 0 Å². The Bertz CT molecular complexity index is 519. The van der Waals surface area contributed by atoms with Crippen LogP contribution in [0.3, 0.4) is 0 Å². The van der Waals surface area contributed by atoms with Crippen molar-refractivity contribution in [1.82, 2.24) is 5.32 Å². The molecule has 0 radical (unpaired) electrons. The van der Waals surface area contributed by atoms with Gasteiger partial charge in [0.05, 0.1) is 12.5 Å². The summed E-state index contributed by atoms with van der Waals surface area (Å²) in [5, 5.41) is 12.8. The van der Waals surface area contributed by atoms with Gasteiger partial charge in [-0.25, -0.2) is 0 Å². The summed E-state index contributed by atoms with van der Waals surface area (Å²) >= 11 is 0. The number of aliphatic carboxylic acids is 1. The summed E-state index contributed by atoms with van der Waals surface area (Å²) in [7, 11) is 0. The molecule has 23 heavy (non-hydrogen) atoms. The van der Waals surface area contributed by atoms with Crippen LogP contribution in [0.5, 0.6) is 0 Å². The van der Waals surface area contributed by atoms with Crippen molar-refractivity contribution in [3.8, 4) is 0 Å². The van der Waals surface area contributed by atoms with Crippen LogP contribution in [0.1, 0.15) is 27.7 Å². The maximum Gasteiger partial charge on any atom is 0.252 e. The number of hydrogen-bond donors (Lipinski definition) is 1. The van der Waals surface area contributed by atoms with E-state index in [1.165, 1.54) is 0 Å². The third-order valence-corrected chi connectivity index (χ3v) is 3.82. The maximum atomic E-state index is 12.2. The molecule has 3 aliphatic heterocycles. The van der Waals surface area contributed by atoms with Crippen LogP contribution in [0.25, 0.3) is 0 Å². The fourth-order valence-electron chi connectivity index (χ4n) is 3.08. The summed E-state index contributed by atoms with van der Waals surface area (Å²) in [5.41, 5.74) is 0.